The monoisotopic (exact) mass is 255 g/mol. The highest BCUT2D eigenvalue weighted by Gasteiger charge is 2.31. The molecular formula is C10H14BrN3. The van der Waals surface area contributed by atoms with Gasteiger partial charge in [0.15, 0.2) is 0 Å². The first-order valence-corrected chi connectivity index (χ1v) is 5.68. The zero-order valence-corrected chi connectivity index (χ0v) is 10.0. The van der Waals surface area contributed by atoms with E-state index in [4.69, 9.17) is 0 Å². The molecule has 0 radical (unpaired) electrons. The zero-order chi connectivity index (χ0) is 10.1. The molecule has 0 spiro atoms. The molecule has 14 heavy (non-hydrogen) atoms. The van der Waals surface area contributed by atoms with E-state index in [-0.39, 0.29) is 0 Å². The molecular weight excluding hydrogens is 242 g/mol. The maximum Gasteiger partial charge on any atom is 0.133 e. The largest absolute Gasteiger partial charge is 0.357 e. The summed E-state index contributed by atoms with van der Waals surface area (Å²) in [6.07, 6.45) is 4.31. The summed E-state index contributed by atoms with van der Waals surface area (Å²) in [4.78, 5) is 10.5. The second-order valence-corrected chi connectivity index (χ2v) is 4.70. The Hall–Kier alpha value is -0.640. The average molecular weight is 256 g/mol. The van der Waals surface area contributed by atoms with Gasteiger partial charge in [0.05, 0.1) is 0 Å². The number of anilines is 1. The van der Waals surface area contributed by atoms with Crippen LogP contribution in [0.15, 0.2) is 17.0 Å². The molecule has 3 nitrogen and oxygen atoms in total. The molecule has 76 valence electrons. The van der Waals surface area contributed by atoms with Gasteiger partial charge in [-0.25, -0.2) is 9.97 Å². The summed E-state index contributed by atoms with van der Waals surface area (Å²) >= 11 is 3.35. The lowest BCUT2D eigenvalue weighted by atomic mass is 10.2. The van der Waals surface area contributed by atoms with E-state index in [9.17, 15) is 0 Å². The predicted molar refractivity (Wildman–Crippen MR) is 60.3 cm³/mol. The third-order valence-electron chi connectivity index (χ3n) is 2.90. The molecule has 1 atom stereocenters. The van der Waals surface area contributed by atoms with Crippen molar-refractivity contribution in [3.8, 4) is 0 Å². The summed E-state index contributed by atoms with van der Waals surface area (Å²) in [6, 6.07) is 2.54. The van der Waals surface area contributed by atoms with Gasteiger partial charge in [-0.05, 0) is 41.6 Å². The van der Waals surface area contributed by atoms with Crippen molar-refractivity contribution in [2.45, 2.75) is 25.8 Å². The van der Waals surface area contributed by atoms with E-state index in [0.717, 1.165) is 16.3 Å². The zero-order valence-electron chi connectivity index (χ0n) is 8.44. The van der Waals surface area contributed by atoms with E-state index in [1.54, 1.807) is 6.33 Å². The molecule has 1 saturated carbocycles. The number of halogens is 1. The fraction of sp³-hybridized carbons (Fsp3) is 0.600. The first kappa shape index (κ1) is 9.90. The van der Waals surface area contributed by atoms with Gasteiger partial charge in [0.2, 0.25) is 0 Å². The minimum Gasteiger partial charge on any atom is -0.357 e. The maximum absolute atomic E-state index is 4.26. The summed E-state index contributed by atoms with van der Waals surface area (Å²) in [5, 5.41) is 0. The van der Waals surface area contributed by atoms with Gasteiger partial charge in [-0.15, -0.1) is 0 Å². The SMILES string of the molecule is CC(C1CC1)N(C)c1cc(Br)ncn1. The molecule has 1 heterocycles. The maximum atomic E-state index is 4.26. The Morgan fingerprint density at radius 2 is 2.21 bits per heavy atom. The number of hydrogen-bond acceptors (Lipinski definition) is 3. The summed E-state index contributed by atoms with van der Waals surface area (Å²) in [6.45, 7) is 2.26. The van der Waals surface area contributed by atoms with Crippen LogP contribution in [0.4, 0.5) is 5.82 Å². The second-order valence-electron chi connectivity index (χ2n) is 3.89. The molecule has 0 N–H and O–H groups in total. The molecule has 1 aliphatic rings. The van der Waals surface area contributed by atoms with E-state index < -0.39 is 0 Å². The van der Waals surface area contributed by atoms with Gasteiger partial charge in [0.25, 0.3) is 0 Å². The Labute approximate surface area is 92.7 Å². The van der Waals surface area contributed by atoms with Gasteiger partial charge >= 0.3 is 0 Å². The minimum atomic E-state index is 0.580. The van der Waals surface area contributed by atoms with Crippen molar-refractivity contribution >= 4 is 21.7 Å². The van der Waals surface area contributed by atoms with Crippen LogP contribution >= 0.6 is 15.9 Å². The number of rotatable bonds is 3. The third-order valence-corrected chi connectivity index (χ3v) is 3.33. The molecule has 1 aromatic rings. The van der Waals surface area contributed by atoms with Crippen LogP contribution in [0, 0.1) is 5.92 Å². The summed E-state index contributed by atoms with van der Waals surface area (Å²) in [5.74, 6) is 1.85. The molecule has 0 amide bonds. The number of nitrogens with zero attached hydrogens (tertiary/aromatic N) is 3. The Morgan fingerprint density at radius 1 is 1.50 bits per heavy atom. The standard InChI is InChI=1S/C10H14BrN3/c1-7(8-3-4-8)14(2)10-5-9(11)12-6-13-10/h5-8H,3-4H2,1-2H3. The normalized spacial score (nSPS) is 17.9. The first-order chi connectivity index (χ1) is 6.68. The van der Waals surface area contributed by atoms with Gasteiger partial charge < -0.3 is 4.90 Å². The summed E-state index contributed by atoms with van der Waals surface area (Å²) < 4.78 is 0.845. The van der Waals surface area contributed by atoms with Crippen molar-refractivity contribution in [2.75, 3.05) is 11.9 Å². The Morgan fingerprint density at radius 3 is 2.79 bits per heavy atom. The third kappa shape index (κ3) is 2.05. The summed E-state index contributed by atoms with van der Waals surface area (Å²) in [5.41, 5.74) is 0. The van der Waals surface area contributed by atoms with Crippen LogP contribution in [0.3, 0.4) is 0 Å². The smallest absolute Gasteiger partial charge is 0.133 e. The average Bonchev–Trinajstić information content (AvgIpc) is 2.99. The second kappa shape index (κ2) is 3.85. The predicted octanol–water partition coefficient (Wildman–Crippen LogP) is 2.47. The fourth-order valence-corrected chi connectivity index (χ4v) is 1.92. The van der Waals surface area contributed by atoms with Crippen LogP contribution in [-0.2, 0) is 0 Å². The lowest BCUT2D eigenvalue weighted by molar-refractivity contribution is 0.603. The van der Waals surface area contributed by atoms with Crippen molar-refractivity contribution in [1.82, 2.24) is 9.97 Å². The van der Waals surface area contributed by atoms with Crippen LogP contribution in [0.25, 0.3) is 0 Å². The molecule has 1 aromatic heterocycles. The Balaban J connectivity index is 2.13. The van der Waals surface area contributed by atoms with Gasteiger partial charge in [0, 0.05) is 19.2 Å². The van der Waals surface area contributed by atoms with E-state index in [1.165, 1.54) is 12.8 Å². The van der Waals surface area contributed by atoms with Gasteiger partial charge in [0.1, 0.15) is 16.7 Å². The van der Waals surface area contributed by atoms with Crippen LogP contribution in [-0.4, -0.2) is 23.1 Å². The van der Waals surface area contributed by atoms with E-state index in [2.05, 4.69) is 44.8 Å². The minimum absolute atomic E-state index is 0.580. The highest BCUT2D eigenvalue weighted by Crippen LogP contribution is 2.35. The van der Waals surface area contributed by atoms with E-state index >= 15 is 0 Å². The molecule has 4 heteroatoms. The lowest BCUT2D eigenvalue weighted by Crippen LogP contribution is -2.31. The van der Waals surface area contributed by atoms with E-state index in [0.29, 0.717) is 6.04 Å². The molecule has 0 bridgehead atoms. The molecule has 1 fully saturated rings. The van der Waals surface area contributed by atoms with Gasteiger partial charge in [-0.3, -0.25) is 0 Å². The Bertz CT molecular complexity index is 325. The van der Waals surface area contributed by atoms with Crippen molar-refractivity contribution in [3.63, 3.8) is 0 Å². The molecule has 0 saturated heterocycles. The molecule has 2 rings (SSSR count). The van der Waals surface area contributed by atoms with E-state index in [1.807, 2.05) is 6.07 Å². The molecule has 1 aliphatic carbocycles. The van der Waals surface area contributed by atoms with Crippen molar-refractivity contribution in [3.05, 3.63) is 17.0 Å². The number of hydrogen-bond donors (Lipinski definition) is 0. The molecule has 1 unspecified atom stereocenters. The topological polar surface area (TPSA) is 29.0 Å². The van der Waals surface area contributed by atoms with Gasteiger partial charge in [-0.1, -0.05) is 0 Å². The molecule has 0 aliphatic heterocycles. The van der Waals surface area contributed by atoms with Crippen molar-refractivity contribution in [1.29, 1.82) is 0 Å². The lowest BCUT2D eigenvalue weighted by Gasteiger charge is -2.25. The quantitative estimate of drug-likeness (QED) is 0.778. The van der Waals surface area contributed by atoms with Crippen LogP contribution < -0.4 is 4.90 Å². The Kier molecular flexibility index (Phi) is 2.72. The van der Waals surface area contributed by atoms with Crippen molar-refractivity contribution < 1.29 is 0 Å². The highest BCUT2D eigenvalue weighted by atomic mass is 79.9. The first-order valence-electron chi connectivity index (χ1n) is 4.89. The van der Waals surface area contributed by atoms with Crippen LogP contribution in [0.1, 0.15) is 19.8 Å². The summed E-state index contributed by atoms with van der Waals surface area (Å²) in [7, 11) is 2.09. The van der Waals surface area contributed by atoms with Gasteiger partial charge in [-0.2, -0.15) is 0 Å². The van der Waals surface area contributed by atoms with Crippen LogP contribution in [0.5, 0.6) is 0 Å². The van der Waals surface area contributed by atoms with Crippen LogP contribution in [0.2, 0.25) is 0 Å². The highest BCUT2D eigenvalue weighted by molar-refractivity contribution is 9.10. The van der Waals surface area contributed by atoms with Crippen molar-refractivity contribution in [2.24, 2.45) is 5.92 Å². The molecule has 0 aromatic carbocycles. The number of aromatic nitrogens is 2. The fourth-order valence-electron chi connectivity index (χ4n) is 1.62.